The number of carbonyl (C=O) groups excluding carboxylic acids is 1. The molecule has 0 saturated heterocycles. The van der Waals surface area contributed by atoms with E-state index in [1.165, 1.54) is 141 Å². The van der Waals surface area contributed by atoms with Crippen LogP contribution in [0.3, 0.4) is 0 Å². The van der Waals surface area contributed by atoms with Crippen LogP contribution in [0.15, 0.2) is 0 Å². The summed E-state index contributed by atoms with van der Waals surface area (Å²) in [6.07, 6.45) is 35.6. The molecule has 0 aromatic rings. The maximum atomic E-state index is 13.5. The summed E-state index contributed by atoms with van der Waals surface area (Å²) >= 11 is 0. The van der Waals surface area contributed by atoms with Crippen LogP contribution in [0.2, 0.25) is 0 Å². The van der Waals surface area contributed by atoms with Crippen molar-refractivity contribution in [2.24, 2.45) is 11.7 Å². The largest absolute Gasteiger partial charge is 0.475 e. The molecule has 8 nitrogen and oxygen atoms in total. The Morgan fingerprint density at radius 3 is 1.33 bits per heavy atom. The third-order valence-electron chi connectivity index (χ3n) is 10.00. The average Bonchev–Trinajstić information content (AvgIpc) is 3.11. The summed E-state index contributed by atoms with van der Waals surface area (Å²) in [6, 6.07) is 0. The number of phosphoric ester groups is 1. The van der Waals surface area contributed by atoms with Gasteiger partial charge in [-0.05, 0) is 26.2 Å². The van der Waals surface area contributed by atoms with Crippen molar-refractivity contribution in [2.45, 2.75) is 239 Å². The summed E-state index contributed by atoms with van der Waals surface area (Å²) in [7, 11) is -4.49. The highest BCUT2D eigenvalue weighted by Gasteiger charge is 2.35. The van der Waals surface area contributed by atoms with Gasteiger partial charge in [0.05, 0.1) is 12.5 Å². The molecule has 0 aliphatic rings. The van der Waals surface area contributed by atoms with Crippen molar-refractivity contribution >= 4 is 13.8 Å². The molecule has 0 rings (SSSR count). The van der Waals surface area contributed by atoms with E-state index >= 15 is 0 Å². The Labute approximate surface area is 316 Å². The molecular weight excluding hydrogens is 661 g/mol. The molecule has 0 spiro atoms. The molecule has 3 unspecified atom stereocenters. The van der Waals surface area contributed by atoms with Crippen molar-refractivity contribution in [3.63, 3.8) is 0 Å². The zero-order chi connectivity index (χ0) is 37.7. The molecule has 0 aromatic heterocycles. The molecule has 9 heteroatoms. The molecule has 0 aliphatic heterocycles. The molecule has 0 aromatic carbocycles. The molecule has 0 aliphatic carbocycles. The molecule has 4 atom stereocenters. The van der Waals surface area contributed by atoms with Gasteiger partial charge < -0.3 is 20.1 Å². The number of carbonyl (C=O) groups is 1. The van der Waals surface area contributed by atoms with Gasteiger partial charge in [0.15, 0.2) is 0 Å². The van der Waals surface area contributed by atoms with Gasteiger partial charge in [-0.3, -0.25) is 9.32 Å². The Kier molecular flexibility index (Phi) is 37.4. The number of ether oxygens (including phenoxy) is 2. The maximum absolute atomic E-state index is 13.5. The predicted octanol–water partition coefficient (Wildman–Crippen LogP) is 13.1. The van der Waals surface area contributed by atoms with Crippen LogP contribution in [0.25, 0.3) is 0 Å². The summed E-state index contributed by atoms with van der Waals surface area (Å²) in [6.45, 7) is 8.80. The normalized spacial score (nSPS) is 14.7. The summed E-state index contributed by atoms with van der Waals surface area (Å²) in [5.41, 5.74) is 5.47. The first kappa shape index (κ1) is 50.5. The first-order valence-corrected chi connectivity index (χ1v) is 23.5. The molecule has 0 amide bonds. The van der Waals surface area contributed by atoms with Crippen molar-refractivity contribution in [1.82, 2.24) is 0 Å². The predicted molar refractivity (Wildman–Crippen MR) is 215 cm³/mol. The number of unbranched alkanes of at least 4 members (excludes halogenated alkanes) is 26. The minimum atomic E-state index is -4.49. The Bertz CT molecular complexity index is 786. The van der Waals surface area contributed by atoms with Crippen molar-refractivity contribution in [3.8, 4) is 0 Å². The van der Waals surface area contributed by atoms with Gasteiger partial charge >= 0.3 is 13.8 Å². The molecule has 3 N–H and O–H groups in total. The van der Waals surface area contributed by atoms with Crippen LogP contribution in [-0.4, -0.2) is 43.0 Å². The molecule has 306 valence electrons. The lowest BCUT2D eigenvalue weighted by Gasteiger charge is -2.27. The second kappa shape index (κ2) is 37.8. The number of hydrogen-bond donors (Lipinski definition) is 2. The molecule has 0 fully saturated rings. The summed E-state index contributed by atoms with van der Waals surface area (Å²) in [4.78, 5) is 23.8. The highest BCUT2D eigenvalue weighted by Crippen LogP contribution is 2.45. The van der Waals surface area contributed by atoms with Crippen LogP contribution >= 0.6 is 7.82 Å². The van der Waals surface area contributed by atoms with Crippen LogP contribution in [-0.2, 0) is 27.9 Å². The maximum Gasteiger partial charge on any atom is 0.475 e. The Morgan fingerprint density at radius 2 is 0.922 bits per heavy atom. The fourth-order valence-electron chi connectivity index (χ4n) is 6.64. The van der Waals surface area contributed by atoms with E-state index in [2.05, 4.69) is 20.8 Å². The van der Waals surface area contributed by atoms with Crippen LogP contribution < -0.4 is 5.73 Å². The van der Waals surface area contributed by atoms with E-state index in [0.717, 1.165) is 57.8 Å². The second-order valence-corrected chi connectivity index (χ2v) is 16.4. The van der Waals surface area contributed by atoms with Gasteiger partial charge in [0, 0.05) is 13.2 Å². The van der Waals surface area contributed by atoms with Gasteiger partial charge in [-0.15, -0.1) is 0 Å². The summed E-state index contributed by atoms with van der Waals surface area (Å²) < 4.78 is 34.9. The van der Waals surface area contributed by atoms with Gasteiger partial charge in [-0.2, -0.15) is 0 Å². The molecule has 0 radical (unpaired) electrons. The molecular formula is C42H86NO7P. The van der Waals surface area contributed by atoms with Crippen molar-refractivity contribution in [2.75, 3.05) is 19.8 Å². The van der Waals surface area contributed by atoms with E-state index in [-0.39, 0.29) is 25.0 Å². The third kappa shape index (κ3) is 33.8. The first-order chi connectivity index (χ1) is 24.8. The Morgan fingerprint density at radius 1 is 0.569 bits per heavy atom. The minimum absolute atomic E-state index is 0.0715. The topological polar surface area (TPSA) is 117 Å². The minimum Gasteiger partial charge on any atom is -0.432 e. The van der Waals surface area contributed by atoms with Crippen LogP contribution in [0.5, 0.6) is 0 Å². The van der Waals surface area contributed by atoms with E-state index in [1.54, 1.807) is 6.92 Å². The van der Waals surface area contributed by atoms with E-state index in [0.29, 0.717) is 6.61 Å². The fourth-order valence-corrected chi connectivity index (χ4v) is 7.51. The molecule has 0 saturated carbocycles. The van der Waals surface area contributed by atoms with E-state index in [9.17, 15) is 14.3 Å². The van der Waals surface area contributed by atoms with E-state index < -0.39 is 20.2 Å². The Hall–Kier alpha value is -0.500. The zero-order valence-electron chi connectivity index (χ0n) is 34.2. The number of hydrogen-bond acceptors (Lipinski definition) is 7. The monoisotopic (exact) mass is 748 g/mol. The highest BCUT2D eigenvalue weighted by atomic mass is 31.2. The third-order valence-corrected chi connectivity index (χ3v) is 11.0. The fraction of sp³-hybridized carbons (Fsp3) is 0.976. The van der Waals surface area contributed by atoms with Crippen LogP contribution in [0.1, 0.15) is 227 Å². The average molecular weight is 748 g/mol. The van der Waals surface area contributed by atoms with Crippen molar-refractivity contribution in [3.05, 3.63) is 0 Å². The lowest BCUT2D eigenvalue weighted by Crippen LogP contribution is -2.36. The molecule has 0 heterocycles. The van der Waals surface area contributed by atoms with E-state index in [1.807, 2.05) is 0 Å². The van der Waals surface area contributed by atoms with Gasteiger partial charge in [0.1, 0.15) is 6.10 Å². The number of rotatable bonds is 41. The van der Waals surface area contributed by atoms with Crippen molar-refractivity contribution in [1.29, 1.82) is 0 Å². The first-order valence-electron chi connectivity index (χ1n) is 22.0. The lowest BCUT2D eigenvalue weighted by atomic mass is 9.94. The quantitative estimate of drug-likeness (QED) is 0.0275. The smallest absolute Gasteiger partial charge is 0.432 e. The van der Waals surface area contributed by atoms with Gasteiger partial charge in [0.2, 0.25) is 6.29 Å². The second-order valence-electron chi connectivity index (χ2n) is 15.0. The lowest BCUT2D eigenvalue weighted by molar-refractivity contribution is -0.192. The van der Waals surface area contributed by atoms with Gasteiger partial charge in [0.25, 0.3) is 0 Å². The Balaban J connectivity index is 4.68. The SMILES string of the molecule is CCCCCCCCCCCCCCCCO[C@H](C)C(OC(=O)C(CCCCC)CCCCCCCCCCCCCC)OP(=O)(O)OCCN. The van der Waals surface area contributed by atoms with Crippen molar-refractivity contribution < 1.29 is 32.8 Å². The number of esters is 1. The van der Waals surface area contributed by atoms with E-state index in [4.69, 9.17) is 24.3 Å². The van der Waals surface area contributed by atoms with Gasteiger partial charge in [-0.1, -0.05) is 201 Å². The number of phosphoric acid groups is 1. The van der Waals surface area contributed by atoms with Crippen LogP contribution in [0.4, 0.5) is 0 Å². The number of nitrogens with two attached hydrogens (primary N) is 1. The summed E-state index contributed by atoms with van der Waals surface area (Å²) in [5, 5.41) is 0. The highest BCUT2D eigenvalue weighted by molar-refractivity contribution is 7.47. The van der Waals surface area contributed by atoms with Crippen LogP contribution in [0, 0.1) is 5.92 Å². The standard InChI is InChI=1S/C42H86NO7P/c1-5-8-11-13-15-17-19-21-22-24-26-28-30-33-37-47-39(4)42(50-51(45,46)48-38-36-43)49-41(44)40(34-31-10-7-3)35-32-29-27-25-23-20-18-16-14-12-9-6-2/h39-40,42H,5-38,43H2,1-4H3,(H,45,46)/t39-,40?,42?/m1/s1. The zero-order valence-corrected chi connectivity index (χ0v) is 35.1. The molecule has 0 bridgehead atoms. The van der Waals surface area contributed by atoms with Gasteiger partial charge in [-0.25, -0.2) is 9.09 Å². The molecule has 51 heavy (non-hydrogen) atoms. The summed E-state index contributed by atoms with van der Waals surface area (Å²) in [5.74, 6) is -0.656.